The molecule has 69 heavy (non-hydrogen) atoms. The van der Waals surface area contributed by atoms with Crippen LogP contribution in [0.2, 0.25) is 0 Å². The number of hydrogen-bond acceptors (Lipinski definition) is 16. The molecule has 2 fully saturated rings. The summed E-state index contributed by atoms with van der Waals surface area (Å²) in [6.07, 6.45) is -8.11. The maximum Gasteiger partial charge on any atom is 0.248 e. The molecule has 3 aromatic carbocycles. The first-order valence-electron chi connectivity index (χ1n) is 22.2. The molecule has 0 saturated carbocycles. The third kappa shape index (κ3) is 15.1. The third-order valence-electron chi connectivity index (χ3n) is 11.6. The summed E-state index contributed by atoms with van der Waals surface area (Å²) in [6.45, 7) is -0.946. The van der Waals surface area contributed by atoms with E-state index in [0.29, 0.717) is 23.1 Å². The van der Waals surface area contributed by atoms with Gasteiger partial charge in [0.1, 0.15) is 66.1 Å². The zero-order valence-corrected chi connectivity index (χ0v) is 37.7. The molecule has 11 atom stereocenters. The number of ether oxygens (including phenoxy) is 2. The van der Waals surface area contributed by atoms with Crippen LogP contribution in [0.4, 0.5) is 0 Å². The summed E-state index contributed by atoms with van der Waals surface area (Å²) in [6, 6.07) is 12.9. The van der Waals surface area contributed by atoms with E-state index < -0.39 is 128 Å². The molecule has 2 aliphatic heterocycles. The molecule has 374 valence electrons. The molecule has 23 heteroatoms. The number of hydrogen-bond donors (Lipinski definition) is 13. The van der Waals surface area contributed by atoms with Crippen molar-refractivity contribution < 1.29 is 73.7 Å². The van der Waals surface area contributed by atoms with Crippen LogP contribution < -0.4 is 38.1 Å². The minimum Gasteiger partial charge on any atom is -0.508 e. The first kappa shape index (κ1) is 53.2. The molecule has 0 spiro atoms. The molecule has 3 aromatic rings. The topological polar surface area (TPSA) is 375 Å². The number of carbonyl (C=O) groups excluding carboxylic acids is 7. The lowest BCUT2D eigenvalue weighted by atomic mass is 9.99. The third-order valence-corrected chi connectivity index (χ3v) is 11.6. The Labute approximate surface area is 396 Å². The van der Waals surface area contributed by atoms with E-state index in [1.165, 1.54) is 43.3 Å². The van der Waals surface area contributed by atoms with Gasteiger partial charge in [-0.1, -0.05) is 54.6 Å². The van der Waals surface area contributed by atoms with Crippen LogP contribution in [0.5, 0.6) is 11.5 Å². The summed E-state index contributed by atoms with van der Waals surface area (Å²) in [5.41, 5.74) is 13.5. The number of likely N-dealkylation sites (tertiary alicyclic amines) is 1. The van der Waals surface area contributed by atoms with Gasteiger partial charge < -0.3 is 83.1 Å². The second-order valence-corrected chi connectivity index (χ2v) is 16.9. The standard InChI is InChI=1S/C46H60N8O15/c1-24(50-42(64)30(47)18-26-9-13-28(56)14-10-26)41(63)53-32(20-25-6-3-2-4-7-25)43(65)49-21-36(58)51-33(23-68-46-39(61)38(60)37(59)35(22-55)69-46)45(67)54-17-5-8-34(54)44(66)52-31(40(48)62)19-27-11-15-29(57)16-12-27/h2-4,6-7,9-16,24,30-35,37-39,46,55-57,59-61H,5,8,17-23,47H2,1H3,(H2,48,62)(H,49,65)(H,50,64)(H,51,58)(H,52,66)(H,53,63)/t24-,30+,31+,32+,33+,34+,35-,37-,38+,39-,46-/m1/s1. The summed E-state index contributed by atoms with van der Waals surface area (Å²) < 4.78 is 11.1. The minimum atomic E-state index is -1.88. The van der Waals surface area contributed by atoms with Gasteiger partial charge in [0, 0.05) is 19.4 Å². The van der Waals surface area contributed by atoms with E-state index in [2.05, 4.69) is 26.6 Å². The lowest BCUT2D eigenvalue weighted by molar-refractivity contribution is -0.301. The molecule has 2 heterocycles. The van der Waals surface area contributed by atoms with Gasteiger partial charge in [0.25, 0.3) is 0 Å². The number of phenolic OH excluding ortho intramolecular Hbond substituents is 2. The molecule has 0 aliphatic carbocycles. The number of amides is 7. The maximum absolute atomic E-state index is 14.3. The number of aromatic hydroxyl groups is 2. The lowest BCUT2D eigenvalue weighted by Gasteiger charge is -2.40. The van der Waals surface area contributed by atoms with E-state index in [4.69, 9.17) is 20.9 Å². The van der Waals surface area contributed by atoms with Crippen LogP contribution in [0.1, 0.15) is 36.5 Å². The molecule has 0 aromatic heterocycles. The molecular formula is C46H60N8O15. The van der Waals surface area contributed by atoms with Gasteiger partial charge in [-0.05, 0) is 67.1 Å². The van der Waals surface area contributed by atoms with Gasteiger partial charge in [-0.3, -0.25) is 33.6 Å². The minimum absolute atomic E-state index is 0.00334. The zero-order chi connectivity index (χ0) is 50.4. The highest BCUT2D eigenvalue weighted by Crippen LogP contribution is 2.24. The highest BCUT2D eigenvalue weighted by molar-refractivity contribution is 5.96. The highest BCUT2D eigenvalue weighted by Gasteiger charge is 2.45. The summed E-state index contributed by atoms with van der Waals surface area (Å²) in [5, 5.41) is 72.7. The molecule has 2 aliphatic rings. The maximum atomic E-state index is 14.3. The highest BCUT2D eigenvalue weighted by atomic mass is 16.7. The molecule has 23 nitrogen and oxygen atoms in total. The number of phenols is 2. The van der Waals surface area contributed by atoms with Crippen LogP contribution in [-0.2, 0) is 62.3 Å². The van der Waals surface area contributed by atoms with Crippen molar-refractivity contribution in [1.29, 1.82) is 0 Å². The number of rotatable bonds is 22. The predicted molar refractivity (Wildman–Crippen MR) is 242 cm³/mol. The van der Waals surface area contributed by atoms with Crippen LogP contribution in [0, 0.1) is 0 Å². The number of primary amides is 1. The molecule has 0 bridgehead atoms. The second-order valence-electron chi connectivity index (χ2n) is 16.9. The number of aliphatic hydroxyl groups is 4. The molecule has 5 rings (SSSR count). The first-order valence-corrected chi connectivity index (χ1v) is 22.2. The fraction of sp³-hybridized carbons (Fsp3) is 0.457. The lowest BCUT2D eigenvalue weighted by Crippen LogP contribution is -2.61. The zero-order valence-electron chi connectivity index (χ0n) is 37.7. The Hall–Kier alpha value is -6.73. The monoisotopic (exact) mass is 964 g/mol. The second kappa shape index (κ2) is 25.0. The summed E-state index contributed by atoms with van der Waals surface area (Å²) in [7, 11) is 0. The SMILES string of the molecule is C[C@@H](NC(=O)[C@@H](N)Cc1ccc(O)cc1)C(=O)N[C@@H](Cc1ccccc1)C(=O)NCC(=O)N[C@@H](CO[C@@H]1O[C@H](CO)[C@@H](O)[C@H](O)[C@H]1O)C(=O)N1CCC[C@H]1C(=O)N[C@@H](Cc1ccc(O)cc1)C(N)=O. The number of nitrogens with one attached hydrogen (secondary N) is 5. The van der Waals surface area contributed by atoms with Gasteiger partial charge >= 0.3 is 0 Å². The van der Waals surface area contributed by atoms with E-state index in [1.54, 1.807) is 42.5 Å². The van der Waals surface area contributed by atoms with E-state index in [9.17, 15) is 64.2 Å². The summed E-state index contributed by atoms with van der Waals surface area (Å²) in [5.74, 6) is -5.69. The molecule has 2 saturated heterocycles. The number of carbonyl (C=O) groups is 7. The van der Waals surface area contributed by atoms with Crippen LogP contribution in [0.25, 0.3) is 0 Å². The number of benzene rings is 3. The molecule has 15 N–H and O–H groups in total. The predicted octanol–water partition coefficient (Wildman–Crippen LogP) is -4.18. The Bertz CT molecular complexity index is 2240. The Morgan fingerprint density at radius 1 is 0.725 bits per heavy atom. The van der Waals surface area contributed by atoms with Crippen molar-refractivity contribution in [3.63, 3.8) is 0 Å². The van der Waals surface area contributed by atoms with Crippen molar-refractivity contribution >= 4 is 41.4 Å². The van der Waals surface area contributed by atoms with Gasteiger partial charge in [0.05, 0.1) is 25.8 Å². The Morgan fingerprint density at radius 2 is 1.32 bits per heavy atom. The Morgan fingerprint density at radius 3 is 1.93 bits per heavy atom. The molecule has 7 amide bonds. The van der Waals surface area contributed by atoms with Crippen molar-refractivity contribution in [1.82, 2.24) is 31.5 Å². The normalized spacial score (nSPS) is 22.2. The number of nitrogens with two attached hydrogens (primary N) is 2. The van der Waals surface area contributed by atoms with Crippen LogP contribution in [0.15, 0.2) is 78.9 Å². The smallest absolute Gasteiger partial charge is 0.248 e. The van der Waals surface area contributed by atoms with Crippen LogP contribution in [-0.4, -0.2) is 170 Å². The van der Waals surface area contributed by atoms with Crippen LogP contribution in [0.3, 0.4) is 0 Å². The summed E-state index contributed by atoms with van der Waals surface area (Å²) in [4.78, 5) is 95.2. The fourth-order valence-electron chi connectivity index (χ4n) is 7.69. The van der Waals surface area contributed by atoms with E-state index in [-0.39, 0.29) is 43.7 Å². The fourth-order valence-corrected chi connectivity index (χ4v) is 7.69. The molecule has 0 radical (unpaired) electrons. The number of nitrogens with zero attached hydrogens (tertiary/aromatic N) is 1. The van der Waals surface area contributed by atoms with E-state index in [1.807, 2.05) is 0 Å². The largest absolute Gasteiger partial charge is 0.508 e. The van der Waals surface area contributed by atoms with E-state index >= 15 is 0 Å². The van der Waals surface area contributed by atoms with Gasteiger partial charge in [-0.25, -0.2) is 0 Å². The average molecular weight is 965 g/mol. The van der Waals surface area contributed by atoms with Crippen molar-refractivity contribution in [2.75, 3.05) is 26.3 Å². The van der Waals surface area contributed by atoms with Crippen molar-refractivity contribution in [3.8, 4) is 11.5 Å². The Balaban J connectivity index is 1.27. The van der Waals surface area contributed by atoms with Gasteiger partial charge in [0.15, 0.2) is 6.29 Å². The quantitative estimate of drug-likeness (QED) is 0.0454. The van der Waals surface area contributed by atoms with Crippen LogP contribution >= 0.6 is 0 Å². The van der Waals surface area contributed by atoms with Gasteiger partial charge in [-0.15, -0.1) is 0 Å². The molecule has 0 unspecified atom stereocenters. The van der Waals surface area contributed by atoms with Crippen molar-refractivity contribution in [2.24, 2.45) is 11.5 Å². The first-order chi connectivity index (χ1) is 32.8. The number of aliphatic hydroxyl groups excluding tert-OH is 4. The average Bonchev–Trinajstić information content (AvgIpc) is 3.83. The van der Waals surface area contributed by atoms with Gasteiger partial charge in [-0.2, -0.15) is 0 Å². The molecular weight excluding hydrogens is 905 g/mol. The summed E-state index contributed by atoms with van der Waals surface area (Å²) >= 11 is 0. The van der Waals surface area contributed by atoms with Crippen molar-refractivity contribution in [3.05, 3.63) is 95.6 Å². The Kier molecular flexibility index (Phi) is 19.3. The van der Waals surface area contributed by atoms with Crippen molar-refractivity contribution in [2.45, 2.75) is 106 Å². The van der Waals surface area contributed by atoms with Gasteiger partial charge in [0.2, 0.25) is 41.4 Å². The van der Waals surface area contributed by atoms with E-state index in [0.717, 1.165) is 4.90 Å².